The van der Waals surface area contributed by atoms with E-state index in [1.807, 2.05) is 12.1 Å². The average molecular weight is 282 g/mol. The highest BCUT2D eigenvalue weighted by Gasteiger charge is 2.16. The summed E-state index contributed by atoms with van der Waals surface area (Å²) in [5, 5.41) is 3.58. The second-order valence-electron chi connectivity index (χ2n) is 5.65. The Morgan fingerprint density at radius 1 is 1.14 bits per heavy atom. The molecule has 0 spiro atoms. The van der Waals surface area contributed by atoms with Gasteiger partial charge in [0.1, 0.15) is 5.75 Å². The van der Waals surface area contributed by atoms with Crippen molar-refractivity contribution in [1.29, 1.82) is 0 Å². The van der Waals surface area contributed by atoms with E-state index in [1.54, 1.807) is 7.11 Å². The number of ether oxygens (including phenoxy) is 1. The van der Waals surface area contributed by atoms with Crippen LogP contribution in [0.25, 0.3) is 0 Å². The van der Waals surface area contributed by atoms with Crippen molar-refractivity contribution in [2.75, 3.05) is 30.9 Å². The number of nitrogens with one attached hydrogen (secondary N) is 1. The highest BCUT2D eigenvalue weighted by atomic mass is 16.5. The fourth-order valence-corrected chi connectivity index (χ4v) is 2.88. The van der Waals surface area contributed by atoms with Crippen molar-refractivity contribution in [2.24, 2.45) is 0 Å². The largest absolute Gasteiger partial charge is 0.497 e. The molecule has 0 bridgehead atoms. The van der Waals surface area contributed by atoms with Crippen LogP contribution in [-0.4, -0.2) is 20.7 Å². The number of methoxy groups -OCH3 is 1. The van der Waals surface area contributed by atoms with E-state index in [2.05, 4.69) is 54.5 Å². The average Bonchev–Trinajstić information content (AvgIpc) is 2.88. The maximum atomic E-state index is 5.20. The summed E-state index contributed by atoms with van der Waals surface area (Å²) in [4.78, 5) is 2.31. The van der Waals surface area contributed by atoms with Crippen LogP contribution in [0.3, 0.4) is 0 Å². The molecular weight excluding hydrogens is 260 g/mol. The number of hydrogen-bond acceptors (Lipinski definition) is 3. The monoisotopic (exact) mass is 282 g/mol. The van der Waals surface area contributed by atoms with E-state index in [9.17, 15) is 0 Å². The first-order chi connectivity index (χ1) is 10.2. The third kappa shape index (κ3) is 2.82. The lowest BCUT2D eigenvalue weighted by atomic mass is 10.1. The van der Waals surface area contributed by atoms with Crippen molar-refractivity contribution in [3.8, 4) is 5.75 Å². The third-order valence-electron chi connectivity index (χ3n) is 4.21. The van der Waals surface area contributed by atoms with Gasteiger partial charge in [-0.25, -0.2) is 0 Å². The molecule has 3 rings (SSSR count). The number of fused-ring (bicyclic) bond motifs is 1. The van der Waals surface area contributed by atoms with E-state index in [0.29, 0.717) is 0 Å². The lowest BCUT2D eigenvalue weighted by molar-refractivity contribution is 0.414. The summed E-state index contributed by atoms with van der Waals surface area (Å²) in [5.74, 6) is 0.895. The van der Waals surface area contributed by atoms with E-state index in [-0.39, 0.29) is 6.04 Å². The molecular formula is C18H22N2O. The van der Waals surface area contributed by atoms with Crippen LogP contribution in [0.4, 0.5) is 11.4 Å². The molecule has 1 atom stereocenters. The molecule has 0 aliphatic carbocycles. The third-order valence-corrected chi connectivity index (χ3v) is 4.21. The van der Waals surface area contributed by atoms with Gasteiger partial charge >= 0.3 is 0 Å². The maximum Gasteiger partial charge on any atom is 0.118 e. The van der Waals surface area contributed by atoms with Crippen LogP contribution in [-0.2, 0) is 6.42 Å². The quantitative estimate of drug-likeness (QED) is 0.921. The fourth-order valence-electron chi connectivity index (χ4n) is 2.88. The van der Waals surface area contributed by atoms with E-state index >= 15 is 0 Å². The number of likely N-dealkylation sites (N-methyl/N-ethyl adjacent to an activating group) is 1. The Bertz CT molecular complexity index is 622. The van der Waals surface area contributed by atoms with Gasteiger partial charge in [-0.05, 0) is 54.8 Å². The van der Waals surface area contributed by atoms with Gasteiger partial charge in [0.05, 0.1) is 7.11 Å². The summed E-state index contributed by atoms with van der Waals surface area (Å²) in [7, 11) is 3.84. The minimum atomic E-state index is 0.271. The Morgan fingerprint density at radius 2 is 1.90 bits per heavy atom. The minimum Gasteiger partial charge on any atom is -0.497 e. The zero-order valence-electron chi connectivity index (χ0n) is 12.9. The summed E-state index contributed by atoms with van der Waals surface area (Å²) in [6.45, 7) is 3.30. The van der Waals surface area contributed by atoms with Crippen LogP contribution in [0.15, 0.2) is 42.5 Å². The molecule has 0 saturated heterocycles. The Hall–Kier alpha value is -2.16. The maximum absolute atomic E-state index is 5.20. The predicted molar refractivity (Wildman–Crippen MR) is 88.4 cm³/mol. The summed E-state index contributed by atoms with van der Waals surface area (Å²) < 4.78 is 5.20. The van der Waals surface area contributed by atoms with Gasteiger partial charge in [-0.3, -0.25) is 0 Å². The van der Waals surface area contributed by atoms with Gasteiger partial charge in [0.15, 0.2) is 0 Å². The topological polar surface area (TPSA) is 24.5 Å². The van der Waals surface area contributed by atoms with E-state index in [1.165, 1.54) is 22.5 Å². The zero-order valence-corrected chi connectivity index (χ0v) is 12.9. The molecule has 21 heavy (non-hydrogen) atoms. The van der Waals surface area contributed by atoms with Crippen LogP contribution in [0.5, 0.6) is 5.75 Å². The number of anilines is 2. The van der Waals surface area contributed by atoms with Gasteiger partial charge in [-0.2, -0.15) is 0 Å². The molecule has 3 heteroatoms. The molecule has 1 N–H and O–H groups in total. The second kappa shape index (κ2) is 5.68. The van der Waals surface area contributed by atoms with Crippen LogP contribution in [0.1, 0.15) is 24.1 Å². The van der Waals surface area contributed by atoms with Crippen LogP contribution < -0.4 is 15.0 Å². The highest BCUT2D eigenvalue weighted by molar-refractivity contribution is 5.64. The van der Waals surface area contributed by atoms with Crippen molar-refractivity contribution < 1.29 is 4.74 Å². The van der Waals surface area contributed by atoms with E-state index in [0.717, 1.165) is 18.7 Å². The minimum absolute atomic E-state index is 0.271. The molecule has 110 valence electrons. The van der Waals surface area contributed by atoms with Gasteiger partial charge in [-0.1, -0.05) is 12.1 Å². The molecule has 1 aliphatic rings. The highest BCUT2D eigenvalue weighted by Crippen LogP contribution is 2.30. The lowest BCUT2D eigenvalue weighted by Gasteiger charge is -2.18. The molecule has 1 aliphatic heterocycles. The van der Waals surface area contributed by atoms with Crippen molar-refractivity contribution >= 4 is 11.4 Å². The van der Waals surface area contributed by atoms with Gasteiger partial charge in [0, 0.05) is 31.0 Å². The van der Waals surface area contributed by atoms with E-state index in [4.69, 9.17) is 4.74 Å². The van der Waals surface area contributed by atoms with E-state index < -0.39 is 0 Å². The van der Waals surface area contributed by atoms with Gasteiger partial charge in [0.25, 0.3) is 0 Å². The molecule has 3 nitrogen and oxygen atoms in total. The molecule has 0 amide bonds. The number of rotatable bonds is 4. The smallest absolute Gasteiger partial charge is 0.118 e. The molecule has 0 aromatic heterocycles. The molecule has 0 radical (unpaired) electrons. The molecule has 1 unspecified atom stereocenters. The summed E-state index contributed by atoms with van der Waals surface area (Å²) in [6.07, 6.45) is 1.14. The second-order valence-corrected chi connectivity index (χ2v) is 5.65. The van der Waals surface area contributed by atoms with Gasteiger partial charge < -0.3 is 15.0 Å². The summed E-state index contributed by atoms with van der Waals surface area (Å²) in [6, 6.07) is 15.2. The SMILES string of the molecule is COc1ccc(C(C)Nc2ccc3c(c2)CCN3C)cc1. The molecule has 0 fully saturated rings. The Balaban J connectivity index is 1.73. The summed E-state index contributed by atoms with van der Waals surface area (Å²) in [5.41, 5.74) is 5.24. The fraction of sp³-hybridized carbons (Fsp3) is 0.333. The van der Waals surface area contributed by atoms with Gasteiger partial charge in [-0.15, -0.1) is 0 Å². The number of hydrogen-bond donors (Lipinski definition) is 1. The normalized spacial score (nSPS) is 14.7. The Morgan fingerprint density at radius 3 is 2.62 bits per heavy atom. The van der Waals surface area contributed by atoms with Crippen molar-refractivity contribution in [3.05, 3.63) is 53.6 Å². The first-order valence-electron chi connectivity index (χ1n) is 7.42. The number of nitrogens with zero attached hydrogens (tertiary/aromatic N) is 1. The Labute approximate surface area is 126 Å². The first kappa shape index (κ1) is 13.8. The number of benzene rings is 2. The summed E-state index contributed by atoms with van der Waals surface area (Å²) >= 11 is 0. The lowest BCUT2D eigenvalue weighted by Crippen LogP contribution is -2.12. The first-order valence-corrected chi connectivity index (χ1v) is 7.42. The van der Waals surface area contributed by atoms with Crippen LogP contribution >= 0.6 is 0 Å². The van der Waals surface area contributed by atoms with Crippen LogP contribution in [0.2, 0.25) is 0 Å². The zero-order chi connectivity index (χ0) is 14.8. The van der Waals surface area contributed by atoms with Crippen molar-refractivity contribution in [1.82, 2.24) is 0 Å². The van der Waals surface area contributed by atoms with Crippen molar-refractivity contribution in [2.45, 2.75) is 19.4 Å². The molecule has 1 heterocycles. The Kier molecular flexibility index (Phi) is 3.74. The molecule has 2 aromatic carbocycles. The predicted octanol–water partition coefficient (Wildman–Crippen LogP) is 3.86. The molecule has 2 aromatic rings. The van der Waals surface area contributed by atoms with Crippen LogP contribution in [0, 0.1) is 0 Å². The standard InChI is InChI=1S/C18H22N2O/c1-13(14-4-7-17(21-3)8-5-14)19-16-6-9-18-15(12-16)10-11-20(18)2/h4-9,12-13,19H,10-11H2,1-3H3. The van der Waals surface area contributed by atoms with Gasteiger partial charge in [0.2, 0.25) is 0 Å². The van der Waals surface area contributed by atoms with Crippen molar-refractivity contribution in [3.63, 3.8) is 0 Å². The molecule has 0 saturated carbocycles.